The van der Waals surface area contributed by atoms with Gasteiger partial charge in [0.2, 0.25) is 0 Å². The zero-order valence-corrected chi connectivity index (χ0v) is 12.5. The number of benzene rings is 1. The molecule has 0 aliphatic heterocycles. The number of ether oxygens (including phenoxy) is 1. The molecule has 2 unspecified atom stereocenters. The van der Waals surface area contributed by atoms with Crippen LogP contribution in [0.4, 0.5) is 0 Å². The molecule has 110 valence electrons. The van der Waals surface area contributed by atoms with Crippen LogP contribution in [0, 0.1) is 11.3 Å². The van der Waals surface area contributed by atoms with Crippen LogP contribution in [0.1, 0.15) is 31.2 Å². The van der Waals surface area contributed by atoms with Crippen LogP contribution in [-0.4, -0.2) is 41.3 Å². The molecular weight excluding hydrogens is 264 g/mol. The zero-order valence-electron chi connectivity index (χ0n) is 12.5. The number of hydrogen-bond donors (Lipinski definition) is 1. The molecule has 1 aliphatic rings. The maximum Gasteiger partial charge on any atom is 0.138 e. The lowest BCUT2D eigenvalue weighted by molar-refractivity contribution is 0.100. The van der Waals surface area contributed by atoms with Gasteiger partial charge in [-0.05, 0) is 51.9 Å². The highest BCUT2D eigenvalue weighted by atomic mass is 16.5. The molecule has 1 aromatic carbocycles. The monoisotopic (exact) mass is 284 g/mol. The van der Waals surface area contributed by atoms with E-state index < -0.39 is 0 Å². The van der Waals surface area contributed by atoms with Crippen molar-refractivity contribution in [3.05, 3.63) is 23.9 Å². The number of H-pyrrole nitrogens is 1. The van der Waals surface area contributed by atoms with E-state index in [0.29, 0.717) is 17.4 Å². The summed E-state index contributed by atoms with van der Waals surface area (Å²) in [6, 6.07) is 6.61. The number of nitrogens with one attached hydrogen (secondary N) is 1. The first-order chi connectivity index (χ1) is 10.2. The number of hydrogen-bond acceptors (Lipinski definition) is 4. The van der Waals surface area contributed by atoms with Gasteiger partial charge in [-0.25, -0.2) is 0 Å². The quantitative estimate of drug-likeness (QED) is 0.941. The Kier molecular flexibility index (Phi) is 3.80. The highest BCUT2D eigenvalue weighted by molar-refractivity contribution is 5.86. The Bertz CT molecular complexity index is 670. The maximum absolute atomic E-state index is 9.42. The van der Waals surface area contributed by atoms with Crippen molar-refractivity contribution in [2.45, 2.75) is 37.8 Å². The zero-order chi connectivity index (χ0) is 14.8. The van der Waals surface area contributed by atoms with E-state index in [1.165, 1.54) is 12.8 Å². The summed E-state index contributed by atoms with van der Waals surface area (Å²) in [5.74, 6) is 0.677. The van der Waals surface area contributed by atoms with Gasteiger partial charge in [-0.2, -0.15) is 10.4 Å². The lowest BCUT2D eigenvalue weighted by atomic mass is 9.92. The van der Waals surface area contributed by atoms with Gasteiger partial charge in [-0.3, -0.25) is 5.10 Å². The fraction of sp³-hybridized carbons (Fsp3) is 0.500. The summed E-state index contributed by atoms with van der Waals surface area (Å²) in [7, 11) is 4.23. The fourth-order valence-electron chi connectivity index (χ4n) is 3.09. The van der Waals surface area contributed by atoms with Crippen LogP contribution in [-0.2, 0) is 0 Å². The van der Waals surface area contributed by atoms with Crippen LogP contribution in [0.25, 0.3) is 10.9 Å². The van der Waals surface area contributed by atoms with E-state index in [4.69, 9.17) is 4.74 Å². The van der Waals surface area contributed by atoms with Gasteiger partial charge in [0.1, 0.15) is 23.5 Å². The Morgan fingerprint density at radius 2 is 2.24 bits per heavy atom. The molecule has 5 heteroatoms. The van der Waals surface area contributed by atoms with Gasteiger partial charge in [-0.1, -0.05) is 0 Å². The van der Waals surface area contributed by atoms with E-state index in [2.05, 4.69) is 35.3 Å². The first-order valence-corrected chi connectivity index (χ1v) is 7.38. The summed E-state index contributed by atoms with van der Waals surface area (Å²) in [5, 5.41) is 17.1. The molecule has 0 bridgehead atoms. The van der Waals surface area contributed by atoms with E-state index in [1.807, 2.05) is 12.1 Å². The van der Waals surface area contributed by atoms with Crippen molar-refractivity contribution < 1.29 is 4.74 Å². The smallest absolute Gasteiger partial charge is 0.138 e. The molecule has 1 N–H and O–H groups in total. The van der Waals surface area contributed by atoms with Crippen molar-refractivity contribution in [3.8, 4) is 11.8 Å². The third-order valence-electron chi connectivity index (χ3n) is 4.32. The SMILES string of the molecule is CN(C)C1CCCC(Oc2ccc3[nH]ncc3c2C#N)C1. The van der Waals surface area contributed by atoms with E-state index in [1.54, 1.807) is 6.20 Å². The molecule has 0 saturated heterocycles. The summed E-state index contributed by atoms with van der Waals surface area (Å²) in [6.45, 7) is 0. The number of nitrogens with zero attached hydrogens (tertiary/aromatic N) is 3. The Hall–Kier alpha value is -2.06. The van der Waals surface area contributed by atoms with Crippen molar-refractivity contribution in [1.82, 2.24) is 15.1 Å². The molecule has 1 heterocycles. The first kappa shape index (κ1) is 13.9. The largest absolute Gasteiger partial charge is 0.489 e. The van der Waals surface area contributed by atoms with Crippen LogP contribution in [0.15, 0.2) is 18.3 Å². The molecule has 0 radical (unpaired) electrons. The molecule has 3 rings (SSSR count). The minimum absolute atomic E-state index is 0.183. The van der Waals surface area contributed by atoms with Crippen LogP contribution in [0.3, 0.4) is 0 Å². The summed E-state index contributed by atoms with van der Waals surface area (Å²) >= 11 is 0. The van der Waals surface area contributed by atoms with Crippen molar-refractivity contribution in [1.29, 1.82) is 5.26 Å². The average Bonchev–Trinajstić information content (AvgIpc) is 2.96. The Morgan fingerprint density at radius 3 is 3.00 bits per heavy atom. The topological polar surface area (TPSA) is 64.9 Å². The summed E-state index contributed by atoms with van der Waals surface area (Å²) in [6.07, 6.45) is 6.33. The van der Waals surface area contributed by atoms with Crippen LogP contribution in [0.2, 0.25) is 0 Å². The maximum atomic E-state index is 9.42. The van der Waals surface area contributed by atoms with Gasteiger partial charge < -0.3 is 9.64 Å². The molecule has 2 atom stereocenters. The number of fused-ring (bicyclic) bond motifs is 1. The lowest BCUT2D eigenvalue weighted by Gasteiger charge is -2.33. The van der Waals surface area contributed by atoms with Gasteiger partial charge >= 0.3 is 0 Å². The Balaban J connectivity index is 1.83. The minimum atomic E-state index is 0.183. The summed E-state index contributed by atoms with van der Waals surface area (Å²) < 4.78 is 6.14. The fourth-order valence-corrected chi connectivity index (χ4v) is 3.09. The summed E-state index contributed by atoms with van der Waals surface area (Å²) in [5.41, 5.74) is 1.45. The van der Waals surface area contributed by atoms with Gasteiger partial charge in [0, 0.05) is 11.4 Å². The molecule has 1 aromatic heterocycles. The highest BCUT2D eigenvalue weighted by Crippen LogP contribution is 2.30. The van der Waals surface area contributed by atoms with Crippen molar-refractivity contribution in [3.63, 3.8) is 0 Å². The second kappa shape index (κ2) is 5.74. The van der Waals surface area contributed by atoms with Crippen LogP contribution < -0.4 is 4.74 Å². The number of aromatic amines is 1. The third-order valence-corrected chi connectivity index (χ3v) is 4.32. The summed E-state index contributed by atoms with van der Waals surface area (Å²) in [4.78, 5) is 2.26. The predicted molar refractivity (Wildman–Crippen MR) is 81.2 cm³/mol. The molecule has 5 nitrogen and oxygen atoms in total. The molecule has 1 saturated carbocycles. The van der Waals surface area contributed by atoms with E-state index in [0.717, 1.165) is 23.7 Å². The third kappa shape index (κ3) is 2.72. The Morgan fingerprint density at radius 1 is 1.38 bits per heavy atom. The second-order valence-corrected chi connectivity index (χ2v) is 5.91. The van der Waals surface area contributed by atoms with Gasteiger partial charge in [0.25, 0.3) is 0 Å². The van der Waals surface area contributed by atoms with Crippen molar-refractivity contribution in [2.75, 3.05) is 14.1 Å². The molecular formula is C16H20N4O. The second-order valence-electron chi connectivity index (χ2n) is 5.91. The Labute approximate surface area is 124 Å². The highest BCUT2D eigenvalue weighted by Gasteiger charge is 2.25. The number of rotatable bonds is 3. The van der Waals surface area contributed by atoms with Gasteiger partial charge in [0.05, 0.1) is 11.7 Å². The number of nitriles is 1. The lowest BCUT2D eigenvalue weighted by Crippen LogP contribution is -2.37. The van der Waals surface area contributed by atoms with Crippen molar-refractivity contribution in [2.24, 2.45) is 0 Å². The predicted octanol–water partition coefficient (Wildman–Crippen LogP) is 2.69. The normalized spacial score (nSPS) is 22.4. The molecule has 1 aliphatic carbocycles. The van der Waals surface area contributed by atoms with Crippen molar-refractivity contribution >= 4 is 10.9 Å². The molecule has 0 amide bonds. The van der Waals surface area contributed by atoms with Gasteiger partial charge in [0.15, 0.2) is 0 Å². The minimum Gasteiger partial charge on any atom is -0.489 e. The molecule has 1 fully saturated rings. The standard InChI is InChI=1S/C16H20N4O/c1-20(2)11-4-3-5-12(8-11)21-16-7-6-15-14(10-18-19-15)13(16)9-17/h6-7,10-12H,3-5,8H2,1-2H3,(H,18,19). The van der Waals surface area contributed by atoms with Gasteiger partial charge in [-0.15, -0.1) is 0 Å². The molecule has 21 heavy (non-hydrogen) atoms. The van der Waals surface area contributed by atoms with Crippen LogP contribution in [0.5, 0.6) is 5.75 Å². The molecule has 2 aromatic rings. The number of aromatic nitrogens is 2. The van der Waals surface area contributed by atoms with E-state index >= 15 is 0 Å². The van der Waals surface area contributed by atoms with E-state index in [-0.39, 0.29) is 6.10 Å². The van der Waals surface area contributed by atoms with Crippen LogP contribution >= 0.6 is 0 Å². The van der Waals surface area contributed by atoms with E-state index in [9.17, 15) is 5.26 Å². The average molecular weight is 284 g/mol. The molecule has 0 spiro atoms. The first-order valence-electron chi connectivity index (χ1n) is 7.38.